The minimum Gasteiger partial charge on any atom is -0.115 e. The Balaban J connectivity index is 0.000000139. The Kier molecular flexibility index (Phi) is 17.7. The highest BCUT2D eigenvalue weighted by Crippen LogP contribution is 2.56. The van der Waals surface area contributed by atoms with Crippen molar-refractivity contribution in [1.82, 2.24) is 0 Å². The van der Waals surface area contributed by atoms with Gasteiger partial charge in [0.1, 0.15) is 0 Å². The second-order valence-corrected chi connectivity index (χ2v) is 19.3. The number of hydrogen-bond donors (Lipinski definition) is 0. The van der Waals surface area contributed by atoms with Gasteiger partial charge in [0.25, 0.3) is 0 Å². The number of fused-ring (bicyclic) bond motifs is 4. The lowest BCUT2D eigenvalue weighted by atomic mass is 9.66. The normalized spacial score (nSPS) is 13.2. The molecule has 1 atom stereocenters. The van der Waals surface area contributed by atoms with E-state index in [2.05, 4.69) is 279 Å². The molecular formula is C75H68. The average Bonchev–Trinajstić information content (AvgIpc) is 3.74. The SMILES string of the molecule is C#Cc1cccc2ccccc12.C=C/C=C(\C=C/C)C1(c2ccccc2)c2ccccc2-c2ccc(C)cc21.CCCc1ccc(-c2ccccc2)cc1.Cc1cccc(-c2ccc(C)c(-c3ccccc3C)c2)c1. The van der Waals surface area contributed by atoms with Crippen LogP contribution in [0.4, 0.5) is 0 Å². The minimum atomic E-state index is -0.333. The largest absolute Gasteiger partial charge is 0.115 e. The fourth-order valence-corrected chi connectivity index (χ4v) is 10.4. The Labute approximate surface area is 448 Å². The third kappa shape index (κ3) is 12.0. The maximum atomic E-state index is 5.37. The smallest absolute Gasteiger partial charge is 0.0713 e. The van der Waals surface area contributed by atoms with Crippen molar-refractivity contribution in [3.8, 4) is 56.9 Å². The van der Waals surface area contributed by atoms with Gasteiger partial charge < -0.3 is 0 Å². The van der Waals surface area contributed by atoms with Crippen LogP contribution in [0.1, 0.15) is 70.3 Å². The van der Waals surface area contributed by atoms with Crippen molar-refractivity contribution in [2.45, 2.75) is 59.8 Å². The number of rotatable bonds is 9. The summed E-state index contributed by atoms with van der Waals surface area (Å²) in [6.07, 6.45) is 16.2. The van der Waals surface area contributed by atoms with Crippen LogP contribution in [0.5, 0.6) is 0 Å². The Bertz CT molecular complexity index is 3610. The fraction of sp³-hybridized carbons (Fsp3) is 0.120. The molecule has 1 aliphatic carbocycles. The van der Waals surface area contributed by atoms with Crippen molar-refractivity contribution in [3.05, 3.63) is 323 Å². The summed E-state index contributed by atoms with van der Waals surface area (Å²) in [7, 11) is 0. The summed E-state index contributed by atoms with van der Waals surface area (Å²) in [6.45, 7) is 17.0. The van der Waals surface area contributed by atoms with E-state index in [1.165, 1.54) is 113 Å². The molecule has 368 valence electrons. The summed E-state index contributed by atoms with van der Waals surface area (Å²) >= 11 is 0. The van der Waals surface area contributed by atoms with Gasteiger partial charge in [-0.05, 0) is 147 Å². The van der Waals surface area contributed by atoms with Crippen LogP contribution in [0.3, 0.4) is 0 Å². The van der Waals surface area contributed by atoms with Crippen molar-refractivity contribution in [2.75, 3.05) is 0 Å². The maximum absolute atomic E-state index is 5.37. The van der Waals surface area contributed by atoms with Gasteiger partial charge in [-0.25, -0.2) is 0 Å². The molecule has 0 aliphatic heterocycles. The first kappa shape index (κ1) is 52.6. The lowest BCUT2D eigenvalue weighted by molar-refractivity contribution is 0.766. The Morgan fingerprint density at radius 2 is 1.07 bits per heavy atom. The molecule has 11 rings (SSSR count). The molecule has 10 aromatic carbocycles. The second kappa shape index (κ2) is 25.3. The van der Waals surface area contributed by atoms with E-state index >= 15 is 0 Å². The molecule has 0 spiro atoms. The second-order valence-electron chi connectivity index (χ2n) is 19.3. The highest BCUT2D eigenvalue weighted by molar-refractivity contribution is 5.89. The molecule has 0 amide bonds. The lowest BCUT2D eigenvalue weighted by Gasteiger charge is -2.34. The third-order valence-corrected chi connectivity index (χ3v) is 14.1. The van der Waals surface area contributed by atoms with Gasteiger partial charge in [0.15, 0.2) is 0 Å². The van der Waals surface area contributed by atoms with Crippen LogP contribution in [-0.4, -0.2) is 0 Å². The van der Waals surface area contributed by atoms with Crippen molar-refractivity contribution in [3.63, 3.8) is 0 Å². The first-order chi connectivity index (χ1) is 36.7. The molecule has 0 aromatic heterocycles. The van der Waals surface area contributed by atoms with E-state index in [1.54, 1.807) is 0 Å². The van der Waals surface area contributed by atoms with Gasteiger partial charge in [0, 0.05) is 5.56 Å². The van der Waals surface area contributed by atoms with Crippen molar-refractivity contribution in [1.29, 1.82) is 0 Å². The van der Waals surface area contributed by atoms with Crippen LogP contribution in [0.2, 0.25) is 0 Å². The molecule has 75 heavy (non-hydrogen) atoms. The Morgan fingerprint density at radius 1 is 0.493 bits per heavy atom. The zero-order valence-corrected chi connectivity index (χ0v) is 44.5. The summed E-state index contributed by atoms with van der Waals surface area (Å²) in [4.78, 5) is 0. The highest BCUT2D eigenvalue weighted by atomic mass is 14.5. The number of benzene rings is 10. The zero-order valence-electron chi connectivity index (χ0n) is 44.5. The molecule has 0 fully saturated rings. The van der Waals surface area contributed by atoms with Gasteiger partial charge in [-0.3, -0.25) is 0 Å². The Morgan fingerprint density at radius 3 is 1.77 bits per heavy atom. The van der Waals surface area contributed by atoms with Crippen LogP contribution >= 0.6 is 0 Å². The van der Waals surface area contributed by atoms with Crippen LogP contribution in [0.25, 0.3) is 55.3 Å². The van der Waals surface area contributed by atoms with Crippen LogP contribution in [0.15, 0.2) is 273 Å². The highest BCUT2D eigenvalue weighted by Gasteiger charge is 2.46. The van der Waals surface area contributed by atoms with Crippen LogP contribution < -0.4 is 0 Å². The van der Waals surface area contributed by atoms with Gasteiger partial charge in [-0.2, -0.15) is 0 Å². The topological polar surface area (TPSA) is 0 Å². The lowest BCUT2D eigenvalue weighted by Crippen LogP contribution is -2.29. The third-order valence-electron chi connectivity index (χ3n) is 14.1. The van der Waals surface area contributed by atoms with Crippen molar-refractivity contribution in [2.24, 2.45) is 0 Å². The molecule has 0 saturated carbocycles. The summed E-state index contributed by atoms with van der Waals surface area (Å²) in [5.74, 6) is 2.67. The average molecular weight is 969 g/mol. The van der Waals surface area contributed by atoms with E-state index in [0.717, 1.165) is 10.9 Å². The van der Waals surface area contributed by atoms with E-state index in [4.69, 9.17) is 6.42 Å². The molecule has 1 aliphatic rings. The summed E-state index contributed by atoms with van der Waals surface area (Å²) in [5, 5.41) is 2.36. The van der Waals surface area contributed by atoms with E-state index in [-0.39, 0.29) is 5.41 Å². The quantitative estimate of drug-likeness (QED) is 0.0999. The van der Waals surface area contributed by atoms with Gasteiger partial charge in [-0.15, -0.1) is 6.42 Å². The fourth-order valence-electron chi connectivity index (χ4n) is 10.4. The van der Waals surface area contributed by atoms with Gasteiger partial charge in [-0.1, -0.05) is 286 Å². The maximum Gasteiger partial charge on any atom is 0.0713 e. The van der Waals surface area contributed by atoms with Crippen LogP contribution in [0, 0.1) is 40.0 Å². The van der Waals surface area contributed by atoms with Crippen molar-refractivity contribution < 1.29 is 0 Å². The summed E-state index contributed by atoms with van der Waals surface area (Å²) in [5.41, 5.74) is 22.9. The molecule has 0 heteroatoms. The van der Waals surface area contributed by atoms with Gasteiger partial charge in [0.05, 0.1) is 5.41 Å². The molecule has 1 unspecified atom stereocenters. The molecule has 0 nitrogen and oxygen atoms in total. The predicted octanol–water partition coefficient (Wildman–Crippen LogP) is 20.1. The van der Waals surface area contributed by atoms with E-state index in [9.17, 15) is 0 Å². The zero-order chi connectivity index (χ0) is 52.6. The van der Waals surface area contributed by atoms with E-state index in [1.807, 2.05) is 36.4 Å². The van der Waals surface area contributed by atoms with Gasteiger partial charge >= 0.3 is 0 Å². The van der Waals surface area contributed by atoms with E-state index < -0.39 is 0 Å². The molecule has 0 bridgehead atoms. The van der Waals surface area contributed by atoms with Gasteiger partial charge in [0.2, 0.25) is 0 Å². The number of terminal acetylenes is 1. The first-order valence-electron chi connectivity index (χ1n) is 26.2. The molecule has 0 N–H and O–H groups in total. The predicted molar refractivity (Wildman–Crippen MR) is 325 cm³/mol. The molecule has 10 aromatic rings. The molecular weight excluding hydrogens is 901 g/mol. The standard InChI is InChI=1S/C27H24.C21H20.C15H16.C12H8/c1-4-11-21(12-5-2)27(22-13-7-6-8-14-22)25-16-10-9-15-23(25)24-18-17-20(3)19-26(24)27;1-15-7-6-9-18(13-15)19-12-11-17(3)21(14-19)20-10-5-4-8-16(20)2;1-2-6-13-9-11-15(12-10-13)14-7-4-3-5-8-14;1-2-10-7-5-8-11-6-3-4-9-12(10)11/h4-19H,1H2,2-3H3;4-14H,1-3H3;3-5,7-12H,2,6H2,1H3;1,3-9H/b12-5-,21-11+;;;. The summed E-state index contributed by atoms with van der Waals surface area (Å²) in [6, 6.07) is 84.0. The first-order valence-corrected chi connectivity index (χ1v) is 26.2. The van der Waals surface area contributed by atoms with E-state index in [0.29, 0.717) is 0 Å². The number of hydrogen-bond acceptors (Lipinski definition) is 0. The Hall–Kier alpha value is -8.76. The van der Waals surface area contributed by atoms with Crippen LogP contribution in [-0.2, 0) is 11.8 Å². The molecule has 0 heterocycles. The number of aryl methyl sites for hydroxylation is 5. The summed E-state index contributed by atoms with van der Waals surface area (Å²) < 4.78 is 0. The molecule has 0 radical (unpaired) electrons. The van der Waals surface area contributed by atoms with Crippen molar-refractivity contribution >= 4 is 10.8 Å². The number of allylic oxidation sites excluding steroid dienone is 5. The monoisotopic (exact) mass is 969 g/mol. The molecule has 0 saturated heterocycles. The minimum absolute atomic E-state index is 0.333.